The molecule has 0 bridgehead atoms. The van der Waals surface area contributed by atoms with Crippen LogP contribution in [0.2, 0.25) is 0 Å². The Morgan fingerprint density at radius 2 is 1.81 bits per heavy atom. The molecule has 0 fully saturated rings. The fraction of sp³-hybridized carbons (Fsp3) is 0.733. The van der Waals surface area contributed by atoms with E-state index in [0.29, 0.717) is 6.04 Å². The van der Waals surface area contributed by atoms with Gasteiger partial charge in [0.1, 0.15) is 0 Å². The predicted octanol–water partition coefficient (Wildman–Crippen LogP) is 4.16. The average Bonchev–Trinajstić information content (AvgIpc) is 2.62. The van der Waals surface area contributed by atoms with Crippen LogP contribution in [-0.2, 0) is 0 Å². The van der Waals surface area contributed by atoms with Crippen molar-refractivity contribution in [3.05, 3.63) is 22.8 Å². The molecule has 1 atom stereocenters. The van der Waals surface area contributed by atoms with Crippen LogP contribution in [0.4, 0.5) is 0 Å². The first-order chi connectivity index (χ1) is 7.61. The molecule has 0 heterocycles. The van der Waals surface area contributed by atoms with E-state index in [1.165, 1.54) is 32.1 Å². The van der Waals surface area contributed by atoms with E-state index in [1.54, 1.807) is 16.7 Å². The Morgan fingerprint density at radius 1 is 1.19 bits per heavy atom. The molecular formula is C15H27N. The standard InChI is InChI=1S/C15H27N/c1-6-8-13-10-11-14(12(3)16(4)5)15(13)9-7-2/h10,12H,6-9,11H2,1-5H3. The highest BCUT2D eigenvalue weighted by Crippen LogP contribution is 2.35. The lowest BCUT2D eigenvalue weighted by Gasteiger charge is -2.23. The SMILES string of the molecule is CCCC1=CCC(C(C)N(C)C)=C1CCC. The molecule has 1 nitrogen and oxygen atoms in total. The lowest BCUT2D eigenvalue weighted by molar-refractivity contribution is 0.346. The monoisotopic (exact) mass is 221 g/mol. The summed E-state index contributed by atoms with van der Waals surface area (Å²) in [6.07, 6.45) is 8.70. The largest absolute Gasteiger partial charge is 0.303 e. The summed E-state index contributed by atoms with van der Waals surface area (Å²) in [5, 5.41) is 0. The van der Waals surface area contributed by atoms with Gasteiger partial charge in [0.05, 0.1) is 0 Å². The van der Waals surface area contributed by atoms with Gasteiger partial charge in [0.15, 0.2) is 0 Å². The molecule has 0 radical (unpaired) electrons. The minimum absolute atomic E-state index is 0.590. The van der Waals surface area contributed by atoms with E-state index < -0.39 is 0 Å². The van der Waals surface area contributed by atoms with E-state index in [0.717, 1.165) is 0 Å². The highest BCUT2D eigenvalue weighted by Gasteiger charge is 2.21. The van der Waals surface area contributed by atoms with Gasteiger partial charge in [-0.05, 0) is 57.0 Å². The van der Waals surface area contributed by atoms with Crippen molar-refractivity contribution in [1.29, 1.82) is 0 Å². The summed E-state index contributed by atoms with van der Waals surface area (Å²) < 4.78 is 0. The number of hydrogen-bond acceptors (Lipinski definition) is 1. The molecule has 0 spiro atoms. The van der Waals surface area contributed by atoms with Crippen LogP contribution >= 0.6 is 0 Å². The molecule has 0 saturated heterocycles. The van der Waals surface area contributed by atoms with Crippen LogP contribution in [0.15, 0.2) is 22.8 Å². The highest BCUT2D eigenvalue weighted by molar-refractivity contribution is 5.44. The van der Waals surface area contributed by atoms with Crippen LogP contribution in [0.5, 0.6) is 0 Å². The second-order valence-corrected chi connectivity index (χ2v) is 5.08. The van der Waals surface area contributed by atoms with Crippen LogP contribution in [0.3, 0.4) is 0 Å². The molecule has 0 aliphatic heterocycles. The van der Waals surface area contributed by atoms with Crippen molar-refractivity contribution in [3.63, 3.8) is 0 Å². The third-order valence-electron chi connectivity index (χ3n) is 3.64. The van der Waals surface area contributed by atoms with Gasteiger partial charge in [0, 0.05) is 6.04 Å². The average molecular weight is 221 g/mol. The summed E-state index contributed by atoms with van der Waals surface area (Å²) in [7, 11) is 4.36. The van der Waals surface area contributed by atoms with Gasteiger partial charge >= 0.3 is 0 Å². The molecule has 16 heavy (non-hydrogen) atoms. The molecule has 0 aromatic rings. The molecule has 1 aliphatic rings. The zero-order valence-corrected chi connectivity index (χ0v) is 11.6. The van der Waals surface area contributed by atoms with Gasteiger partial charge in [-0.15, -0.1) is 0 Å². The molecule has 1 aliphatic carbocycles. The maximum Gasteiger partial charge on any atom is 0.0282 e. The van der Waals surface area contributed by atoms with E-state index in [4.69, 9.17) is 0 Å². The van der Waals surface area contributed by atoms with Crippen molar-refractivity contribution in [3.8, 4) is 0 Å². The summed E-state index contributed by atoms with van der Waals surface area (Å²) >= 11 is 0. The van der Waals surface area contributed by atoms with Gasteiger partial charge in [0.25, 0.3) is 0 Å². The third kappa shape index (κ3) is 2.98. The maximum absolute atomic E-state index is 2.46. The van der Waals surface area contributed by atoms with Gasteiger partial charge in [-0.25, -0.2) is 0 Å². The van der Waals surface area contributed by atoms with Crippen molar-refractivity contribution >= 4 is 0 Å². The Balaban J connectivity index is 2.87. The van der Waals surface area contributed by atoms with Gasteiger partial charge in [-0.3, -0.25) is 0 Å². The first kappa shape index (κ1) is 13.5. The van der Waals surface area contributed by atoms with E-state index in [1.807, 2.05) is 0 Å². The van der Waals surface area contributed by atoms with Crippen LogP contribution in [0.1, 0.15) is 52.9 Å². The smallest absolute Gasteiger partial charge is 0.0282 e. The minimum atomic E-state index is 0.590. The van der Waals surface area contributed by atoms with Crippen molar-refractivity contribution in [1.82, 2.24) is 4.90 Å². The second kappa shape index (κ2) is 6.24. The number of rotatable bonds is 6. The zero-order valence-electron chi connectivity index (χ0n) is 11.6. The summed E-state index contributed by atoms with van der Waals surface area (Å²) in [4.78, 5) is 2.33. The van der Waals surface area contributed by atoms with Crippen molar-refractivity contribution in [2.75, 3.05) is 14.1 Å². The summed E-state index contributed by atoms with van der Waals surface area (Å²) in [5.74, 6) is 0. The van der Waals surface area contributed by atoms with Crippen molar-refractivity contribution in [2.45, 2.75) is 58.9 Å². The van der Waals surface area contributed by atoms with Crippen LogP contribution in [0.25, 0.3) is 0 Å². The number of allylic oxidation sites excluding steroid dienone is 3. The molecule has 0 aromatic heterocycles. The topological polar surface area (TPSA) is 3.24 Å². The molecule has 0 aromatic carbocycles. The number of nitrogens with zero attached hydrogens (tertiary/aromatic N) is 1. The second-order valence-electron chi connectivity index (χ2n) is 5.08. The Hall–Kier alpha value is -0.560. The van der Waals surface area contributed by atoms with Crippen molar-refractivity contribution < 1.29 is 0 Å². The minimum Gasteiger partial charge on any atom is -0.303 e. The van der Waals surface area contributed by atoms with Gasteiger partial charge in [-0.2, -0.15) is 0 Å². The number of hydrogen-bond donors (Lipinski definition) is 0. The Kier molecular flexibility index (Phi) is 5.27. The summed E-state index contributed by atoms with van der Waals surface area (Å²) in [5.41, 5.74) is 4.97. The Bertz CT molecular complexity index is 284. The van der Waals surface area contributed by atoms with Gasteiger partial charge in [-0.1, -0.05) is 32.8 Å². The van der Waals surface area contributed by atoms with Gasteiger partial charge < -0.3 is 4.90 Å². The molecule has 0 saturated carbocycles. The highest BCUT2D eigenvalue weighted by atomic mass is 15.1. The fourth-order valence-electron chi connectivity index (χ4n) is 2.51. The molecule has 1 heteroatoms. The first-order valence-electron chi connectivity index (χ1n) is 6.69. The number of likely N-dealkylation sites (N-methyl/N-ethyl adjacent to an activating group) is 1. The maximum atomic E-state index is 2.46. The van der Waals surface area contributed by atoms with E-state index in [2.05, 4.69) is 45.8 Å². The molecule has 0 amide bonds. The van der Waals surface area contributed by atoms with Crippen LogP contribution in [0, 0.1) is 0 Å². The summed E-state index contributed by atoms with van der Waals surface area (Å²) in [6.45, 7) is 6.89. The fourth-order valence-corrected chi connectivity index (χ4v) is 2.51. The normalized spacial score (nSPS) is 18.2. The van der Waals surface area contributed by atoms with Crippen molar-refractivity contribution in [2.24, 2.45) is 0 Å². The summed E-state index contributed by atoms with van der Waals surface area (Å²) in [6, 6.07) is 0.590. The molecular weight excluding hydrogens is 194 g/mol. The van der Waals surface area contributed by atoms with Gasteiger partial charge in [0.2, 0.25) is 0 Å². The van der Waals surface area contributed by atoms with Crippen LogP contribution < -0.4 is 0 Å². The quantitative estimate of drug-likeness (QED) is 0.651. The van der Waals surface area contributed by atoms with E-state index >= 15 is 0 Å². The van der Waals surface area contributed by atoms with E-state index in [9.17, 15) is 0 Å². The van der Waals surface area contributed by atoms with E-state index in [-0.39, 0.29) is 0 Å². The first-order valence-corrected chi connectivity index (χ1v) is 6.69. The Labute approximate surface area is 101 Å². The lowest BCUT2D eigenvalue weighted by Crippen LogP contribution is -2.26. The lowest BCUT2D eigenvalue weighted by atomic mass is 9.95. The Morgan fingerprint density at radius 3 is 2.31 bits per heavy atom. The molecule has 1 unspecified atom stereocenters. The molecule has 92 valence electrons. The predicted molar refractivity (Wildman–Crippen MR) is 72.7 cm³/mol. The zero-order chi connectivity index (χ0) is 12.1. The molecule has 0 N–H and O–H groups in total. The van der Waals surface area contributed by atoms with Crippen LogP contribution in [-0.4, -0.2) is 25.0 Å². The third-order valence-corrected chi connectivity index (χ3v) is 3.64. The molecule has 1 rings (SSSR count).